The third kappa shape index (κ3) is 3.58. The molecule has 0 bridgehead atoms. The molecule has 2 saturated heterocycles. The number of piperidine rings is 1. The van der Waals surface area contributed by atoms with Crippen LogP contribution in [0.2, 0.25) is 0 Å². The number of sulfonamides is 1. The lowest BCUT2D eigenvalue weighted by Gasteiger charge is -2.38. The van der Waals surface area contributed by atoms with Crippen LogP contribution in [0.3, 0.4) is 0 Å². The summed E-state index contributed by atoms with van der Waals surface area (Å²) >= 11 is 0. The van der Waals surface area contributed by atoms with Crippen LogP contribution < -0.4 is 0 Å². The molecule has 2 aliphatic heterocycles. The molecule has 23 heavy (non-hydrogen) atoms. The first kappa shape index (κ1) is 16.5. The number of likely N-dealkylation sites (tertiary alicyclic amines) is 1. The van der Waals surface area contributed by atoms with E-state index in [1.54, 1.807) is 11.2 Å². The van der Waals surface area contributed by atoms with Crippen LogP contribution >= 0.6 is 0 Å². The number of rotatable bonds is 3. The maximum Gasteiger partial charge on any atom is 0.219 e. The van der Waals surface area contributed by atoms with E-state index in [9.17, 15) is 13.2 Å². The zero-order valence-electron chi connectivity index (χ0n) is 13.6. The zero-order valence-corrected chi connectivity index (χ0v) is 14.4. The second-order valence-electron chi connectivity index (χ2n) is 6.83. The van der Waals surface area contributed by atoms with Crippen LogP contribution in [0, 0.1) is 5.41 Å². The lowest BCUT2D eigenvalue weighted by atomic mass is 9.78. The van der Waals surface area contributed by atoms with Crippen LogP contribution in [-0.4, -0.2) is 49.7 Å². The largest absolute Gasteiger partial charge is 0.343 e. The first-order valence-corrected chi connectivity index (χ1v) is 9.78. The SMILES string of the molecule is CC(=O)N1CCC2(CC1)CCN(S(=O)(=O)Cc1ccccc1)C2. The molecule has 0 unspecified atom stereocenters. The molecule has 1 amide bonds. The molecule has 0 atom stereocenters. The lowest BCUT2D eigenvalue weighted by Crippen LogP contribution is -2.44. The molecule has 2 heterocycles. The highest BCUT2D eigenvalue weighted by Crippen LogP contribution is 2.41. The van der Waals surface area contributed by atoms with Crippen molar-refractivity contribution in [1.29, 1.82) is 0 Å². The van der Waals surface area contributed by atoms with Gasteiger partial charge >= 0.3 is 0 Å². The van der Waals surface area contributed by atoms with Gasteiger partial charge in [-0.2, -0.15) is 0 Å². The predicted molar refractivity (Wildman–Crippen MR) is 89.2 cm³/mol. The van der Waals surface area contributed by atoms with Crippen molar-refractivity contribution in [3.63, 3.8) is 0 Å². The highest BCUT2D eigenvalue weighted by Gasteiger charge is 2.44. The Hall–Kier alpha value is -1.40. The molecule has 5 nitrogen and oxygen atoms in total. The lowest BCUT2D eigenvalue weighted by molar-refractivity contribution is -0.131. The summed E-state index contributed by atoms with van der Waals surface area (Å²) in [4.78, 5) is 13.3. The van der Waals surface area contributed by atoms with Crippen LogP contribution in [0.1, 0.15) is 31.7 Å². The third-order valence-corrected chi connectivity index (χ3v) is 7.05. The van der Waals surface area contributed by atoms with Gasteiger partial charge in [0.1, 0.15) is 0 Å². The molecule has 2 aliphatic rings. The summed E-state index contributed by atoms with van der Waals surface area (Å²) < 4.78 is 27.0. The van der Waals surface area contributed by atoms with Gasteiger partial charge < -0.3 is 4.90 Å². The highest BCUT2D eigenvalue weighted by atomic mass is 32.2. The van der Waals surface area contributed by atoms with E-state index < -0.39 is 10.0 Å². The van der Waals surface area contributed by atoms with Gasteiger partial charge in [-0.25, -0.2) is 12.7 Å². The fraction of sp³-hybridized carbons (Fsp3) is 0.588. The van der Waals surface area contributed by atoms with E-state index in [0.29, 0.717) is 13.1 Å². The molecule has 1 aromatic rings. The van der Waals surface area contributed by atoms with Crippen LogP contribution in [0.5, 0.6) is 0 Å². The van der Waals surface area contributed by atoms with Crippen molar-refractivity contribution in [3.05, 3.63) is 35.9 Å². The predicted octanol–water partition coefficient (Wildman–Crippen LogP) is 1.85. The minimum Gasteiger partial charge on any atom is -0.343 e. The molecule has 0 saturated carbocycles. The van der Waals surface area contributed by atoms with Crippen molar-refractivity contribution in [2.45, 2.75) is 31.9 Å². The van der Waals surface area contributed by atoms with Gasteiger partial charge in [0, 0.05) is 33.1 Å². The standard InChI is InChI=1S/C17H24N2O3S/c1-15(20)18-10-7-17(8-11-18)9-12-19(14-17)23(21,22)13-16-5-3-2-4-6-16/h2-6H,7-14H2,1H3. The van der Waals surface area contributed by atoms with E-state index in [1.807, 2.05) is 35.2 Å². The summed E-state index contributed by atoms with van der Waals surface area (Å²) in [6, 6.07) is 9.34. The Bertz CT molecular complexity index is 664. The van der Waals surface area contributed by atoms with E-state index in [4.69, 9.17) is 0 Å². The van der Waals surface area contributed by atoms with E-state index >= 15 is 0 Å². The summed E-state index contributed by atoms with van der Waals surface area (Å²) in [5, 5.41) is 0. The quantitative estimate of drug-likeness (QED) is 0.846. The van der Waals surface area contributed by atoms with Gasteiger partial charge in [-0.15, -0.1) is 0 Å². The smallest absolute Gasteiger partial charge is 0.219 e. The molecule has 1 spiro atoms. The van der Waals surface area contributed by atoms with Crippen molar-refractivity contribution in [1.82, 2.24) is 9.21 Å². The minimum absolute atomic E-state index is 0.0652. The Labute approximate surface area is 138 Å². The number of amides is 1. The fourth-order valence-corrected chi connectivity index (χ4v) is 5.35. The molecule has 6 heteroatoms. The van der Waals surface area contributed by atoms with E-state index in [2.05, 4.69) is 0 Å². The zero-order chi connectivity index (χ0) is 16.5. The van der Waals surface area contributed by atoms with E-state index in [1.165, 1.54) is 0 Å². The Kier molecular flexibility index (Phi) is 4.47. The number of carbonyl (C=O) groups is 1. The minimum atomic E-state index is -3.27. The Morgan fingerprint density at radius 3 is 2.30 bits per heavy atom. The summed E-state index contributed by atoms with van der Waals surface area (Å²) in [6.07, 6.45) is 2.72. The number of benzene rings is 1. The number of carbonyl (C=O) groups excluding carboxylic acids is 1. The second-order valence-corrected chi connectivity index (χ2v) is 8.80. The van der Waals surface area contributed by atoms with E-state index in [0.717, 1.165) is 37.9 Å². The topological polar surface area (TPSA) is 57.7 Å². The first-order valence-electron chi connectivity index (χ1n) is 8.18. The molecule has 2 fully saturated rings. The molecule has 126 valence electrons. The molecule has 1 aromatic carbocycles. The summed E-state index contributed by atoms with van der Waals surface area (Å²) in [5.41, 5.74) is 0.898. The Morgan fingerprint density at radius 1 is 1.09 bits per heavy atom. The van der Waals surface area contributed by atoms with Crippen molar-refractivity contribution in [2.75, 3.05) is 26.2 Å². The average Bonchev–Trinajstić information content (AvgIpc) is 2.93. The van der Waals surface area contributed by atoms with Gasteiger partial charge in [-0.1, -0.05) is 30.3 Å². The molecular weight excluding hydrogens is 312 g/mol. The van der Waals surface area contributed by atoms with Crippen LogP contribution in [-0.2, 0) is 20.6 Å². The van der Waals surface area contributed by atoms with Crippen LogP contribution in [0.15, 0.2) is 30.3 Å². The first-order chi connectivity index (χ1) is 10.9. The van der Waals surface area contributed by atoms with E-state index in [-0.39, 0.29) is 17.1 Å². The Balaban J connectivity index is 1.64. The number of hydrogen-bond donors (Lipinski definition) is 0. The monoisotopic (exact) mass is 336 g/mol. The molecular formula is C17H24N2O3S. The average molecular weight is 336 g/mol. The van der Waals surface area contributed by atoms with Gasteiger partial charge in [0.15, 0.2) is 0 Å². The Morgan fingerprint density at radius 2 is 1.70 bits per heavy atom. The van der Waals surface area contributed by atoms with Gasteiger partial charge in [-0.05, 0) is 30.2 Å². The maximum absolute atomic E-state index is 12.7. The van der Waals surface area contributed by atoms with Gasteiger partial charge in [0.25, 0.3) is 0 Å². The molecule has 0 aliphatic carbocycles. The fourth-order valence-electron chi connectivity index (χ4n) is 3.71. The molecule has 0 N–H and O–H groups in total. The summed E-state index contributed by atoms with van der Waals surface area (Å²) in [6.45, 7) is 4.32. The third-order valence-electron chi connectivity index (χ3n) is 5.26. The van der Waals surface area contributed by atoms with Crippen molar-refractivity contribution >= 4 is 15.9 Å². The van der Waals surface area contributed by atoms with Crippen molar-refractivity contribution < 1.29 is 13.2 Å². The number of hydrogen-bond acceptors (Lipinski definition) is 3. The molecule has 0 radical (unpaired) electrons. The van der Waals surface area contributed by atoms with Crippen molar-refractivity contribution in [3.8, 4) is 0 Å². The second kappa shape index (κ2) is 6.24. The van der Waals surface area contributed by atoms with Gasteiger partial charge in [-0.3, -0.25) is 4.79 Å². The number of nitrogens with zero attached hydrogens (tertiary/aromatic N) is 2. The summed E-state index contributed by atoms with van der Waals surface area (Å²) in [7, 11) is -3.27. The van der Waals surface area contributed by atoms with Crippen LogP contribution in [0.25, 0.3) is 0 Å². The molecule has 3 rings (SSSR count). The van der Waals surface area contributed by atoms with Crippen LogP contribution in [0.4, 0.5) is 0 Å². The van der Waals surface area contributed by atoms with Gasteiger partial charge in [0.2, 0.25) is 15.9 Å². The normalized spacial score (nSPS) is 21.7. The van der Waals surface area contributed by atoms with Crippen molar-refractivity contribution in [2.24, 2.45) is 5.41 Å². The molecule has 0 aromatic heterocycles. The maximum atomic E-state index is 12.7. The summed E-state index contributed by atoms with van der Waals surface area (Å²) in [5.74, 6) is 0.190. The highest BCUT2D eigenvalue weighted by molar-refractivity contribution is 7.88. The van der Waals surface area contributed by atoms with Gasteiger partial charge in [0.05, 0.1) is 5.75 Å².